The number of carbonyl (C=O) groups excluding carboxylic acids is 2. The summed E-state index contributed by atoms with van der Waals surface area (Å²) in [6, 6.07) is 15.6. The molecule has 39 heavy (non-hydrogen) atoms. The van der Waals surface area contributed by atoms with Crippen LogP contribution in [-0.4, -0.2) is 59.2 Å². The number of halogens is 3. The van der Waals surface area contributed by atoms with Crippen molar-refractivity contribution in [3.8, 4) is 5.75 Å². The number of ether oxygens (including phenoxy) is 1. The van der Waals surface area contributed by atoms with Gasteiger partial charge in [-0.2, -0.15) is 18.3 Å². The molecule has 2 aliphatic heterocycles. The summed E-state index contributed by atoms with van der Waals surface area (Å²) in [7, 11) is 0. The number of likely N-dealkylation sites (tertiary alicyclic amines) is 1. The molecule has 3 heterocycles. The van der Waals surface area contributed by atoms with Crippen LogP contribution in [0.5, 0.6) is 5.75 Å². The second-order valence-corrected chi connectivity index (χ2v) is 9.68. The Morgan fingerprint density at radius 2 is 1.77 bits per heavy atom. The summed E-state index contributed by atoms with van der Waals surface area (Å²) in [4.78, 5) is 29.0. The molecule has 0 aliphatic carbocycles. The van der Waals surface area contributed by atoms with Crippen LogP contribution >= 0.6 is 0 Å². The standard InChI is InChI=1S/C28H28F3N5O3/c29-28(30,31)21-4-1-3-19(15-21)16-26(37)35-13-10-24(11-14-35)39-23-8-6-22(7-9-23)36(25-5-2-12-33-34-25)27(38)20-17-32-18-20/h1-9,12,15,20,24,32H,10-11,13-14,16-18H2. The van der Waals surface area contributed by atoms with Gasteiger partial charge in [-0.05, 0) is 48.0 Å². The molecule has 1 N–H and O–H groups in total. The lowest BCUT2D eigenvalue weighted by molar-refractivity contribution is -0.138. The molecular formula is C28H28F3N5O3. The van der Waals surface area contributed by atoms with Gasteiger partial charge in [-0.3, -0.25) is 14.5 Å². The average Bonchev–Trinajstić information content (AvgIpc) is 2.89. The normalized spacial score (nSPS) is 16.4. The molecule has 2 amide bonds. The molecule has 1 aromatic heterocycles. The summed E-state index contributed by atoms with van der Waals surface area (Å²) in [6.45, 7) is 2.17. The van der Waals surface area contributed by atoms with E-state index in [0.717, 1.165) is 12.1 Å². The quantitative estimate of drug-likeness (QED) is 0.489. The lowest BCUT2D eigenvalue weighted by Crippen LogP contribution is -2.51. The van der Waals surface area contributed by atoms with Gasteiger partial charge in [-0.1, -0.05) is 18.2 Å². The first-order chi connectivity index (χ1) is 18.8. The average molecular weight is 540 g/mol. The fourth-order valence-electron chi connectivity index (χ4n) is 4.66. The predicted octanol–water partition coefficient (Wildman–Crippen LogP) is 3.99. The molecule has 3 aromatic rings. The Balaban J connectivity index is 1.16. The molecule has 2 aliphatic rings. The molecule has 5 rings (SSSR count). The lowest BCUT2D eigenvalue weighted by Gasteiger charge is -2.33. The second kappa shape index (κ2) is 11.4. The van der Waals surface area contributed by atoms with Crippen molar-refractivity contribution in [1.29, 1.82) is 0 Å². The number of anilines is 2. The van der Waals surface area contributed by atoms with E-state index in [1.165, 1.54) is 12.1 Å². The van der Waals surface area contributed by atoms with E-state index >= 15 is 0 Å². The van der Waals surface area contributed by atoms with Crippen LogP contribution in [0.4, 0.5) is 24.7 Å². The molecule has 0 saturated carbocycles. The first-order valence-corrected chi connectivity index (χ1v) is 12.8. The number of amides is 2. The van der Waals surface area contributed by atoms with Crippen molar-refractivity contribution in [3.05, 3.63) is 78.0 Å². The molecule has 0 radical (unpaired) electrons. The molecule has 11 heteroatoms. The number of nitrogens with zero attached hydrogens (tertiary/aromatic N) is 4. The van der Waals surface area contributed by atoms with Gasteiger partial charge < -0.3 is 15.0 Å². The molecule has 0 unspecified atom stereocenters. The maximum atomic E-state index is 13.1. The minimum atomic E-state index is -4.44. The van der Waals surface area contributed by atoms with E-state index in [0.29, 0.717) is 61.8 Å². The van der Waals surface area contributed by atoms with Gasteiger partial charge in [0.2, 0.25) is 11.8 Å². The minimum absolute atomic E-state index is 0.0508. The number of alkyl halides is 3. The van der Waals surface area contributed by atoms with Gasteiger partial charge >= 0.3 is 6.18 Å². The summed E-state index contributed by atoms with van der Waals surface area (Å²) >= 11 is 0. The molecule has 0 spiro atoms. The summed E-state index contributed by atoms with van der Waals surface area (Å²) in [5.74, 6) is 0.719. The summed E-state index contributed by atoms with van der Waals surface area (Å²) in [6.07, 6.45) is -1.85. The summed E-state index contributed by atoms with van der Waals surface area (Å²) in [5, 5.41) is 11.1. The van der Waals surface area contributed by atoms with E-state index in [1.807, 2.05) is 12.1 Å². The van der Waals surface area contributed by atoms with Crippen molar-refractivity contribution in [3.63, 3.8) is 0 Å². The largest absolute Gasteiger partial charge is 0.490 e. The highest BCUT2D eigenvalue weighted by atomic mass is 19.4. The Morgan fingerprint density at radius 3 is 2.38 bits per heavy atom. The zero-order valence-corrected chi connectivity index (χ0v) is 21.1. The Bertz CT molecular complexity index is 1290. The van der Waals surface area contributed by atoms with Crippen molar-refractivity contribution < 1.29 is 27.5 Å². The highest BCUT2D eigenvalue weighted by molar-refractivity contribution is 6.01. The number of hydrogen-bond donors (Lipinski definition) is 1. The van der Waals surface area contributed by atoms with Gasteiger partial charge in [-0.25, -0.2) is 0 Å². The Morgan fingerprint density at radius 1 is 1.03 bits per heavy atom. The first kappa shape index (κ1) is 26.6. The molecule has 2 fully saturated rings. The topological polar surface area (TPSA) is 87.7 Å². The number of rotatable bonds is 7. The fraction of sp³-hybridized carbons (Fsp3) is 0.357. The SMILES string of the molecule is O=C(Cc1cccc(C(F)(F)F)c1)N1CCC(Oc2ccc(N(C(=O)C3CNC3)c3cccnn3)cc2)CC1. The van der Waals surface area contributed by atoms with Gasteiger partial charge in [0.05, 0.1) is 23.6 Å². The van der Waals surface area contributed by atoms with Crippen LogP contribution in [0.2, 0.25) is 0 Å². The van der Waals surface area contributed by atoms with Crippen molar-refractivity contribution >= 4 is 23.3 Å². The third kappa shape index (κ3) is 6.36. The third-order valence-electron chi connectivity index (χ3n) is 6.94. The number of aromatic nitrogens is 2. The maximum Gasteiger partial charge on any atom is 0.416 e. The van der Waals surface area contributed by atoms with Crippen LogP contribution in [-0.2, 0) is 22.2 Å². The molecule has 2 saturated heterocycles. The van der Waals surface area contributed by atoms with E-state index in [1.54, 1.807) is 40.3 Å². The van der Waals surface area contributed by atoms with Crippen LogP contribution in [0.25, 0.3) is 0 Å². The Hall–Kier alpha value is -3.99. The smallest absolute Gasteiger partial charge is 0.416 e. The fourth-order valence-corrected chi connectivity index (χ4v) is 4.66. The van der Waals surface area contributed by atoms with Gasteiger partial charge in [-0.15, -0.1) is 5.10 Å². The monoisotopic (exact) mass is 539 g/mol. The van der Waals surface area contributed by atoms with Gasteiger partial charge in [0.25, 0.3) is 0 Å². The molecular weight excluding hydrogens is 511 g/mol. The number of nitrogens with one attached hydrogen (secondary N) is 1. The van der Waals surface area contributed by atoms with E-state index in [4.69, 9.17) is 4.74 Å². The Kier molecular flexibility index (Phi) is 7.78. The van der Waals surface area contributed by atoms with Crippen molar-refractivity contribution in [2.24, 2.45) is 5.92 Å². The van der Waals surface area contributed by atoms with Gasteiger partial charge in [0.15, 0.2) is 5.82 Å². The van der Waals surface area contributed by atoms with Crippen molar-refractivity contribution in [1.82, 2.24) is 20.4 Å². The minimum Gasteiger partial charge on any atom is -0.490 e. The molecule has 0 bridgehead atoms. The number of benzene rings is 2. The molecule has 2 aromatic carbocycles. The van der Waals surface area contributed by atoms with E-state index in [9.17, 15) is 22.8 Å². The van der Waals surface area contributed by atoms with Crippen LogP contribution < -0.4 is 15.0 Å². The predicted molar refractivity (Wildman–Crippen MR) is 137 cm³/mol. The van der Waals surface area contributed by atoms with Gasteiger partial charge in [0, 0.05) is 45.2 Å². The van der Waals surface area contributed by atoms with Gasteiger partial charge in [0.1, 0.15) is 11.9 Å². The maximum absolute atomic E-state index is 13.1. The van der Waals surface area contributed by atoms with E-state index < -0.39 is 11.7 Å². The van der Waals surface area contributed by atoms with E-state index in [-0.39, 0.29) is 30.3 Å². The van der Waals surface area contributed by atoms with Crippen molar-refractivity contribution in [2.45, 2.75) is 31.5 Å². The summed E-state index contributed by atoms with van der Waals surface area (Å²) in [5.41, 5.74) is 0.251. The van der Waals surface area contributed by atoms with Crippen LogP contribution in [0, 0.1) is 5.92 Å². The Labute approximate surface area is 223 Å². The molecule has 8 nitrogen and oxygen atoms in total. The van der Waals surface area contributed by atoms with E-state index in [2.05, 4.69) is 15.5 Å². The number of hydrogen-bond acceptors (Lipinski definition) is 6. The zero-order chi connectivity index (χ0) is 27.4. The molecule has 0 atom stereocenters. The zero-order valence-electron chi connectivity index (χ0n) is 21.1. The molecule has 204 valence electrons. The summed E-state index contributed by atoms with van der Waals surface area (Å²) < 4.78 is 45.0. The highest BCUT2D eigenvalue weighted by Gasteiger charge is 2.32. The van der Waals surface area contributed by atoms with Crippen LogP contribution in [0.15, 0.2) is 66.9 Å². The first-order valence-electron chi connectivity index (χ1n) is 12.8. The number of carbonyl (C=O) groups is 2. The third-order valence-corrected chi connectivity index (χ3v) is 6.94. The van der Waals surface area contributed by atoms with Crippen molar-refractivity contribution in [2.75, 3.05) is 31.1 Å². The lowest BCUT2D eigenvalue weighted by atomic mass is 10.0. The second-order valence-electron chi connectivity index (χ2n) is 9.68. The highest BCUT2D eigenvalue weighted by Crippen LogP contribution is 2.31. The van der Waals surface area contributed by atoms with Crippen LogP contribution in [0.3, 0.4) is 0 Å². The van der Waals surface area contributed by atoms with Crippen LogP contribution in [0.1, 0.15) is 24.0 Å². The number of piperidine rings is 1.